The minimum Gasteiger partial charge on any atom is -0.316 e. The van der Waals surface area contributed by atoms with E-state index in [9.17, 15) is 24.5 Å². The van der Waals surface area contributed by atoms with Crippen molar-refractivity contribution in [2.45, 2.75) is 26.3 Å². The van der Waals surface area contributed by atoms with E-state index in [1.165, 1.54) is 29.5 Å². The van der Waals surface area contributed by atoms with Crippen LogP contribution in [0.1, 0.15) is 30.1 Å². The van der Waals surface area contributed by atoms with Gasteiger partial charge in [-0.3, -0.25) is 29.4 Å². The highest BCUT2D eigenvalue weighted by Gasteiger charge is 2.30. The zero-order valence-corrected chi connectivity index (χ0v) is 16.7. The molecule has 2 aromatic carbocycles. The number of nitro groups is 1. The van der Waals surface area contributed by atoms with Crippen LogP contribution < -0.4 is 9.70 Å². The topological polar surface area (TPSA) is 115 Å². The Hall–Kier alpha value is -3.66. The molecule has 9 nitrogen and oxygen atoms in total. The van der Waals surface area contributed by atoms with Gasteiger partial charge in [0.15, 0.2) is 4.80 Å². The second-order valence-electron chi connectivity index (χ2n) is 6.63. The third-order valence-electron chi connectivity index (χ3n) is 4.79. The molecule has 4 rings (SSSR count). The van der Waals surface area contributed by atoms with Crippen molar-refractivity contribution in [1.29, 1.82) is 0 Å². The van der Waals surface area contributed by atoms with Gasteiger partial charge in [-0.15, -0.1) is 0 Å². The smallest absolute Gasteiger partial charge is 0.279 e. The van der Waals surface area contributed by atoms with E-state index in [1.807, 2.05) is 6.92 Å². The molecule has 0 atom stereocenters. The number of hydrogen-bond donors (Lipinski definition) is 0. The second kappa shape index (κ2) is 7.64. The van der Waals surface area contributed by atoms with Gasteiger partial charge in [-0.2, -0.15) is 4.99 Å². The van der Waals surface area contributed by atoms with Crippen LogP contribution in [0.5, 0.6) is 0 Å². The molecular weight excluding hydrogens is 408 g/mol. The highest BCUT2D eigenvalue weighted by atomic mass is 32.1. The van der Waals surface area contributed by atoms with Crippen LogP contribution in [0.4, 0.5) is 11.4 Å². The summed E-state index contributed by atoms with van der Waals surface area (Å²) in [6, 6.07) is 10.7. The van der Waals surface area contributed by atoms with Crippen molar-refractivity contribution < 1.29 is 19.3 Å². The molecule has 0 radical (unpaired) electrons. The number of aromatic nitrogens is 1. The molecule has 3 aromatic rings. The number of carbonyl (C=O) groups is 3. The predicted molar refractivity (Wildman–Crippen MR) is 110 cm³/mol. The molecule has 3 amide bonds. The number of benzene rings is 2. The monoisotopic (exact) mass is 424 g/mol. The van der Waals surface area contributed by atoms with Crippen molar-refractivity contribution in [3.63, 3.8) is 0 Å². The van der Waals surface area contributed by atoms with Crippen LogP contribution >= 0.6 is 11.3 Å². The molecule has 1 fully saturated rings. The maximum absolute atomic E-state index is 12.8. The van der Waals surface area contributed by atoms with Crippen molar-refractivity contribution in [1.82, 2.24) is 4.57 Å². The number of amides is 3. The molecule has 1 aromatic heterocycles. The first-order valence-corrected chi connectivity index (χ1v) is 10.0. The maximum atomic E-state index is 12.8. The molecule has 0 unspecified atom stereocenters. The van der Waals surface area contributed by atoms with Crippen molar-refractivity contribution in [2.75, 3.05) is 4.90 Å². The molecule has 1 aliphatic rings. The van der Waals surface area contributed by atoms with E-state index in [4.69, 9.17) is 0 Å². The third-order valence-corrected chi connectivity index (χ3v) is 5.85. The van der Waals surface area contributed by atoms with Crippen molar-refractivity contribution >= 4 is 50.6 Å². The molecule has 0 aliphatic carbocycles. The largest absolute Gasteiger partial charge is 0.316 e. The first-order valence-electron chi connectivity index (χ1n) is 9.21. The molecular formula is C20H16N4O5S. The minimum absolute atomic E-state index is 0.0342. The van der Waals surface area contributed by atoms with Gasteiger partial charge in [0, 0.05) is 37.1 Å². The molecule has 1 aliphatic heterocycles. The lowest BCUT2D eigenvalue weighted by Gasteiger charge is -2.14. The normalized spacial score (nSPS) is 14.7. The van der Waals surface area contributed by atoms with Gasteiger partial charge in [-0.05, 0) is 31.2 Å². The molecule has 2 heterocycles. The fraction of sp³-hybridized carbons (Fsp3) is 0.200. The summed E-state index contributed by atoms with van der Waals surface area (Å²) >= 11 is 1.26. The zero-order chi connectivity index (χ0) is 21.4. The van der Waals surface area contributed by atoms with Gasteiger partial charge in [0.05, 0.1) is 20.8 Å². The zero-order valence-electron chi connectivity index (χ0n) is 15.9. The number of fused-ring (bicyclic) bond motifs is 1. The van der Waals surface area contributed by atoms with Gasteiger partial charge in [-0.25, -0.2) is 0 Å². The Morgan fingerprint density at radius 3 is 2.57 bits per heavy atom. The fourth-order valence-electron chi connectivity index (χ4n) is 3.36. The van der Waals surface area contributed by atoms with Gasteiger partial charge in [-0.1, -0.05) is 17.4 Å². The number of imide groups is 1. The minimum atomic E-state index is -0.529. The SMILES string of the molecule is CCn1c(=NC(=O)c2cccc(N3C(=O)CCC3=O)c2)sc2ccc([N+](=O)[O-])cc21. The number of hydrogen-bond acceptors (Lipinski definition) is 6. The summed E-state index contributed by atoms with van der Waals surface area (Å²) in [5.74, 6) is -1.12. The first kappa shape index (κ1) is 19.6. The van der Waals surface area contributed by atoms with Crippen LogP contribution in [0.25, 0.3) is 10.2 Å². The van der Waals surface area contributed by atoms with E-state index in [1.54, 1.807) is 28.8 Å². The number of nitro benzene ring substituents is 1. The summed E-state index contributed by atoms with van der Waals surface area (Å²) < 4.78 is 2.51. The van der Waals surface area contributed by atoms with Gasteiger partial charge in [0.1, 0.15) is 0 Å². The second-order valence-corrected chi connectivity index (χ2v) is 7.64. The van der Waals surface area contributed by atoms with Crippen molar-refractivity contribution in [3.05, 3.63) is 62.9 Å². The lowest BCUT2D eigenvalue weighted by Crippen LogP contribution is -2.28. The van der Waals surface area contributed by atoms with Crippen LogP contribution in [-0.4, -0.2) is 27.2 Å². The molecule has 152 valence electrons. The van der Waals surface area contributed by atoms with Crippen LogP contribution in [0, 0.1) is 10.1 Å². The van der Waals surface area contributed by atoms with Gasteiger partial charge < -0.3 is 4.57 Å². The fourth-order valence-corrected chi connectivity index (χ4v) is 4.43. The Bertz CT molecular complexity index is 1270. The first-order chi connectivity index (χ1) is 14.4. The predicted octanol–water partition coefficient (Wildman–Crippen LogP) is 3.03. The molecule has 0 bridgehead atoms. The lowest BCUT2D eigenvalue weighted by atomic mass is 10.2. The van der Waals surface area contributed by atoms with E-state index in [0.717, 1.165) is 9.60 Å². The number of anilines is 1. The van der Waals surface area contributed by atoms with Crippen LogP contribution in [-0.2, 0) is 16.1 Å². The third kappa shape index (κ3) is 3.41. The van der Waals surface area contributed by atoms with E-state index in [0.29, 0.717) is 22.6 Å². The van der Waals surface area contributed by atoms with Gasteiger partial charge >= 0.3 is 0 Å². The van der Waals surface area contributed by atoms with E-state index < -0.39 is 10.8 Å². The number of thiazole rings is 1. The van der Waals surface area contributed by atoms with Gasteiger partial charge in [0.25, 0.3) is 11.6 Å². The number of aryl methyl sites for hydroxylation is 1. The number of rotatable bonds is 4. The molecule has 30 heavy (non-hydrogen) atoms. The van der Waals surface area contributed by atoms with Crippen molar-refractivity contribution in [2.24, 2.45) is 4.99 Å². The van der Waals surface area contributed by atoms with E-state index >= 15 is 0 Å². The molecule has 0 saturated carbocycles. The number of carbonyl (C=O) groups excluding carboxylic acids is 3. The molecule has 0 spiro atoms. The average molecular weight is 424 g/mol. The summed E-state index contributed by atoms with van der Waals surface area (Å²) in [4.78, 5) is 53.0. The summed E-state index contributed by atoms with van der Waals surface area (Å²) in [6.07, 6.45) is 0.317. The average Bonchev–Trinajstić information content (AvgIpc) is 3.25. The summed E-state index contributed by atoms with van der Waals surface area (Å²) in [5, 5.41) is 11.1. The van der Waals surface area contributed by atoms with Crippen molar-refractivity contribution in [3.8, 4) is 0 Å². The van der Waals surface area contributed by atoms with E-state index in [2.05, 4.69) is 4.99 Å². The van der Waals surface area contributed by atoms with Crippen LogP contribution in [0.15, 0.2) is 47.5 Å². The highest BCUT2D eigenvalue weighted by molar-refractivity contribution is 7.16. The Morgan fingerprint density at radius 2 is 1.90 bits per heavy atom. The molecule has 10 heteroatoms. The summed E-state index contributed by atoms with van der Waals surface area (Å²) in [6.45, 7) is 2.34. The quantitative estimate of drug-likeness (QED) is 0.363. The summed E-state index contributed by atoms with van der Waals surface area (Å²) in [7, 11) is 0. The molecule has 0 N–H and O–H groups in total. The van der Waals surface area contributed by atoms with Crippen LogP contribution in [0.3, 0.4) is 0 Å². The molecule has 1 saturated heterocycles. The Morgan fingerprint density at radius 1 is 1.17 bits per heavy atom. The van der Waals surface area contributed by atoms with Gasteiger partial charge in [0.2, 0.25) is 11.8 Å². The highest BCUT2D eigenvalue weighted by Crippen LogP contribution is 2.25. The standard InChI is InChI=1S/C20H16N4O5S/c1-2-22-15-11-14(24(28)29)6-7-16(15)30-20(22)21-19(27)12-4-3-5-13(10-12)23-17(25)8-9-18(23)26/h3-7,10-11H,2,8-9H2,1H3. The van der Waals surface area contributed by atoms with E-state index in [-0.39, 0.29) is 35.9 Å². The Labute approximate surface area is 174 Å². The lowest BCUT2D eigenvalue weighted by molar-refractivity contribution is -0.384. The van der Waals surface area contributed by atoms with Crippen LogP contribution in [0.2, 0.25) is 0 Å². The summed E-state index contributed by atoms with van der Waals surface area (Å²) in [5.41, 5.74) is 1.18. The number of nitrogens with zero attached hydrogens (tertiary/aromatic N) is 4. The Kier molecular flexibility index (Phi) is 5.00. The number of non-ortho nitro benzene ring substituents is 1. The maximum Gasteiger partial charge on any atom is 0.279 e. The Balaban J connectivity index is 1.75.